The van der Waals surface area contributed by atoms with Gasteiger partial charge in [-0.25, -0.2) is 0 Å². The Labute approximate surface area is 101 Å². The minimum absolute atomic E-state index is 0.0966. The third kappa shape index (κ3) is 2.18. The van der Waals surface area contributed by atoms with Gasteiger partial charge in [0.15, 0.2) is 0 Å². The molecule has 1 N–H and O–H groups in total. The molecule has 1 aliphatic rings. The predicted octanol–water partition coefficient (Wildman–Crippen LogP) is 1.18. The van der Waals surface area contributed by atoms with Crippen LogP contribution in [0.5, 0.6) is 0 Å². The Bertz CT molecular complexity index is 346. The summed E-state index contributed by atoms with van der Waals surface area (Å²) in [5.41, 5.74) is -2.02. The lowest BCUT2D eigenvalue weighted by molar-refractivity contribution is -0.153. The maximum Gasteiger partial charge on any atom is 0.259 e. The largest absolute Gasteiger partial charge is 0.365 e. The third-order valence-corrected chi connectivity index (χ3v) is 2.75. The van der Waals surface area contributed by atoms with Crippen LogP contribution in [0.15, 0.2) is 5.10 Å². The quantitative estimate of drug-likeness (QED) is 0.727. The van der Waals surface area contributed by atoms with Crippen LogP contribution in [0.4, 0.5) is 0 Å². The van der Waals surface area contributed by atoms with Crippen molar-refractivity contribution in [1.82, 2.24) is 5.01 Å². The maximum absolute atomic E-state index is 11.4. The molecule has 1 heterocycles. The van der Waals surface area contributed by atoms with E-state index in [-0.39, 0.29) is 6.42 Å². The van der Waals surface area contributed by atoms with E-state index in [1.165, 1.54) is 6.21 Å². The first-order chi connectivity index (χ1) is 6.83. The summed E-state index contributed by atoms with van der Waals surface area (Å²) in [6.45, 7) is 0. The monoisotopic (exact) mass is 269 g/mol. The highest BCUT2D eigenvalue weighted by molar-refractivity contribution is 6.68. The molecule has 0 aromatic carbocycles. The van der Waals surface area contributed by atoms with Gasteiger partial charge < -0.3 is 5.11 Å². The molecule has 0 spiro atoms. The second-order valence-corrected chi connectivity index (χ2v) is 5.14. The normalized spacial score (nSPS) is 25.4. The summed E-state index contributed by atoms with van der Waals surface area (Å²) in [5.74, 6) is -0.722. The summed E-state index contributed by atoms with van der Waals surface area (Å²) in [7, 11) is 0. The Morgan fingerprint density at radius 1 is 1.73 bits per heavy atom. The van der Waals surface area contributed by atoms with E-state index in [4.69, 9.17) is 40.1 Å². The zero-order valence-corrected chi connectivity index (χ0v) is 9.59. The second kappa shape index (κ2) is 4.14. The first-order valence-electron chi connectivity index (χ1n) is 3.84. The average molecular weight is 271 g/mol. The van der Waals surface area contributed by atoms with Gasteiger partial charge in [0, 0.05) is 12.6 Å². The molecule has 5 nitrogen and oxygen atoms in total. The molecule has 8 heteroatoms. The van der Waals surface area contributed by atoms with Crippen molar-refractivity contribution < 1.29 is 9.90 Å². The molecule has 1 amide bonds. The summed E-state index contributed by atoms with van der Waals surface area (Å²) in [6.07, 6.45) is 0.707. The predicted molar refractivity (Wildman–Crippen MR) is 55.4 cm³/mol. The highest BCUT2D eigenvalue weighted by atomic mass is 35.6. The first kappa shape index (κ1) is 12.5. The summed E-state index contributed by atoms with van der Waals surface area (Å²) in [6, 6.07) is 1.63. The Hall–Kier alpha value is -0.540. The van der Waals surface area contributed by atoms with Gasteiger partial charge in [0.05, 0.1) is 6.07 Å². The van der Waals surface area contributed by atoms with E-state index in [1.54, 1.807) is 6.07 Å². The molecule has 0 saturated heterocycles. The smallest absolute Gasteiger partial charge is 0.259 e. The molecular formula is C7H6Cl3N3O2. The molecule has 0 fully saturated rings. The van der Waals surface area contributed by atoms with Gasteiger partial charge in [-0.1, -0.05) is 34.8 Å². The molecule has 15 heavy (non-hydrogen) atoms. The fraction of sp³-hybridized carbons (Fsp3) is 0.571. The zero-order chi connectivity index (χ0) is 11.7. The molecule has 0 bridgehead atoms. The Morgan fingerprint density at radius 2 is 2.33 bits per heavy atom. The number of rotatable bonds is 1. The van der Waals surface area contributed by atoms with E-state index >= 15 is 0 Å². The number of halogens is 3. The number of alkyl halides is 3. The van der Waals surface area contributed by atoms with Gasteiger partial charge in [-0.05, 0) is 0 Å². The van der Waals surface area contributed by atoms with Crippen LogP contribution in [-0.4, -0.2) is 31.8 Å². The van der Waals surface area contributed by atoms with Crippen molar-refractivity contribution >= 4 is 46.9 Å². The van der Waals surface area contributed by atoms with Gasteiger partial charge in [0.1, 0.15) is 6.42 Å². The fourth-order valence-electron chi connectivity index (χ4n) is 1.08. The minimum Gasteiger partial charge on any atom is -0.365 e. The fourth-order valence-corrected chi connectivity index (χ4v) is 1.55. The SMILES string of the molecule is N#CCC(=O)N1N=CCC1(O)C(Cl)(Cl)Cl. The van der Waals surface area contributed by atoms with Gasteiger partial charge in [0.25, 0.3) is 5.91 Å². The minimum atomic E-state index is -2.09. The summed E-state index contributed by atoms with van der Waals surface area (Å²) >= 11 is 16.6. The highest BCUT2D eigenvalue weighted by Gasteiger charge is 2.55. The standard InChI is InChI=1S/C7H6Cl3N3O2/c8-7(9,10)6(15)2-4-12-13(6)5(14)1-3-11/h4,15H,1-2H2. The van der Waals surface area contributed by atoms with Gasteiger partial charge in [-0.15, -0.1) is 0 Å². The van der Waals surface area contributed by atoms with Crippen LogP contribution < -0.4 is 0 Å². The molecule has 0 aromatic heterocycles. The molecule has 0 aromatic rings. The molecule has 0 saturated carbocycles. The van der Waals surface area contributed by atoms with E-state index in [2.05, 4.69) is 5.10 Å². The van der Waals surface area contributed by atoms with Crippen molar-refractivity contribution in [3.63, 3.8) is 0 Å². The van der Waals surface area contributed by atoms with Crippen LogP contribution in [0.3, 0.4) is 0 Å². The Balaban J connectivity index is 2.95. The van der Waals surface area contributed by atoms with Gasteiger partial charge in [-0.3, -0.25) is 4.79 Å². The molecular weight excluding hydrogens is 264 g/mol. The first-order valence-corrected chi connectivity index (χ1v) is 4.98. The van der Waals surface area contributed by atoms with Crippen LogP contribution in [0, 0.1) is 11.3 Å². The van der Waals surface area contributed by atoms with E-state index in [9.17, 15) is 9.90 Å². The van der Waals surface area contributed by atoms with Crippen LogP contribution in [-0.2, 0) is 4.79 Å². The molecule has 1 rings (SSSR count). The second-order valence-electron chi connectivity index (χ2n) is 2.86. The van der Waals surface area contributed by atoms with E-state index in [1.807, 2.05) is 0 Å². The van der Waals surface area contributed by atoms with Crippen LogP contribution >= 0.6 is 34.8 Å². The van der Waals surface area contributed by atoms with Crippen molar-refractivity contribution in [1.29, 1.82) is 5.26 Å². The van der Waals surface area contributed by atoms with Crippen LogP contribution in [0.2, 0.25) is 0 Å². The number of carbonyl (C=O) groups excluding carboxylic acids is 1. The average Bonchev–Trinajstić information content (AvgIpc) is 2.48. The maximum atomic E-state index is 11.4. The lowest BCUT2D eigenvalue weighted by Crippen LogP contribution is -2.55. The number of nitrogens with zero attached hydrogens (tertiary/aromatic N) is 3. The number of hydrogen-bond donors (Lipinski definition) is 1. The molecule has 1 atom stereocenters. The number of aliphatic hydroxyl groups is 1. The number of nitriles is 1. The number of hydrazone groups is 1. The lowest BCUT2D eigenvalue weighted by atomic mass is 10.2. The van der Waals surface area contributed by atoms with Crippen LogP contribution in [0.1, 0.15) is 12.8 Å². The summed E-state index contributed by atoms with van der Waals surface area (Å²) < 4.78 is -2.09. The van der Waals surface area contributed by atoms with Gasteiger partial charge in [0.2, 0.25) is 9.52 Å². The zero-order valence-electron chi connectivity index (χ0n) is 7.32. The van der Waals surface area contributed by atoms with Crippen LogP contribution in [0.25, 0.3) is 0 Å². The lowest BCUT2D eigenvalue weighted by Gasteiger charge is -2.35. The third-order valence-electron chi connectivity index (χ3n) is 1.84. The van der Waals surface area contributed by atoms with Gasteiger partial charge in [-0.2, -0.15) is 15.4 Å². The van der Waals surface area contributed by atoms with E-state index in [0.717, 1.165) is 0 Å². The van der Waals surface area contributed by atoms with Crippen molar-refractivity contribution in [2.75, 3.05) is 0 Å². The molecule has 0 radical (unpaired) electrons. The van der Waals surface area contributed by atoms with Gasteiger partial charge >= 0.3 is 0 Å². The van der Waals surface area contributed by atoms with Crippen molar-refractivity contribution in [3.8, 4) is 6.07 Å². The molecule has 82 valence electrons. The molecule has 1 aliphatic heterocycles. The topological polar surface area (TPSA) is 76.7 Å². The van der Waals surface area contributed by atoms with Crippen molar-refractivity contribution in [2.45, 2.75) is 22.4 Å². The van der Waals surface area contributed by atoms with E-state index in [0.29, 0.717) is 5.01 Å². The number of hydrogen-bond acceptors (Lipinski definition) is 4. The summed E-state index contributed by atoms with van der Waals surface area (Å²) in [5, 5.41) is 22.5. The Kier molecular flexibility index (Phi) is 3.46. The molecule has 1 unspecified atom stereocenters. The number of carbonyl (C=O) groups is 1. The van der Waals surface area contributed by atoms with Crippen molar-refractivity contribution in [2.24, 2.45) is 5.10 Å². The summed E-state index contributed by atoms with van der Waals surface area (Å²) in [4.78, 5) is 11.4. The molecule has 0 aliphatic carbocycles. The Morgan fingerprint density at radius 3 is 2.80 bits per heavy atom. The number of amides is 1. The van der Waals surface area contributed by atoms with E-state index < -0.39 is 21.8 Å². The van der Waals surface area contributed by atoms with Crippen molar-refractivity contribution in [3.05, 3.63) is 0 Å². The highest BCUT2D eigenvalue weighted by Crippen LogP contribution is 2.44.